The normalized spacial score (nSPS) is 21.9. The van der Waals surface area contributed by atoms with E-state index in [1.165, 1.54) is 17.2 Å². The number of rotatable bonds is 7. The Morgan fingerprint density at radius 2 is 2.04 bits per heavy atom. The van der Waals surface area contributed by atoms with Crippen LogP contribution < -0.4 is 5.32 Å². The van der Waals surface area contributed by atoms with E-state index in [0.29, 0.717) is 29.8 Å². The SMILES string of the molecule is C=C/N=C1/C=CC=C/C1=C(/C=C)C(=O)NCC(=O)N1CCCC1C(=O)CCl. The molecule has 1 fully saturated rings. The second kappa shape index (κ2) is 9.83. The highest BCUT2D eigenvalue weighted by Gasteiger charge is 2.33. The van der Waals surface area contributed by atoms with Crippen molar-refractivity contribution in [3.8, 4) is 0 Å². The fraction of sp³-hybridized carbons (Fsp3) is 0.300. The minimum atomic E-state index is -0.498. The zero-order valence-corrected chi connectivity index (χ0v) is 15.7. The Hall–Kier alpha value is -2.73. The second-order valence-corrected chi connectivity index (χ2v) is 6.24. The fourth-order valence-electron chi connectivity index (χ4n) is 3.08. The van der Waals surface area contributed by atoms with E-state index in [1.54, 1.807) is 24.3 Å². The summed E-state index contributed by atoms with van der Waals surface area (Å²) in [7, 11) is 0. The first-order valence-electron chi connectivity index (χ1n) is 8.60. The van der Waals surface area contributed by atoms with Gasteiger partial charge < -0.3 is 10.2 Å². The van der Waals surface area contributed by atoms with E-state index in [1.807, 2.05) is 0 Å². The van der Waals surface area contributed by atoms with Crippen molar-refractivity contribution in [3.05, 3.63) is 60.9 Å². The molecule has 1 heterocycles. The predicted octanol–water partition coefficient (Wildman–Crippen LogP) is 2.09. The number of carbonyl (C=O) groups is 3. The lowest BCUT2D eigenvalue weighted by Crippen LogP contribution is -2.46. The smallest absolute Gasteiger partial charge is 0.252 e. The molecule has 2 aliphatic rings. The van der Waals surface area contributed by atoms with Crippen LogP contribution >= 0.6 is 11.6 Å². The number of hydrogen-bond donors (Lipinski definition) is 1. The molecule has 1 aliphatic heterocycles. The highest BCUT2D eigenvalue weighted by Crippen LogP contribution is 2.19. The number of nitrogens with one attached hydrogen (secondary N) is 1. The molecular formula is C20H22ClN3O3. The number of carbonyl (C=O) groups excluding carboxylic acids is 3. The average molecular weight is 388 g/mol. The van der Waals surface area contributed by atoms with Crippen LogP contribution in [0, 0.1) is 0 Å². The lowest BCUT2D eigenvalue weighted by molar-refractivity contribution is -0.136. The maximum atomic E-state index is 12.6. The molecule has 0 bridgehead atoms. The summed E-state index contributed by atoms with van der Waals surface area (Å²) in [5.74, 6) is -1.05. The molecule has 2 amide bonds. The van der Waals surface area contributed by atoms with Gasteiger partial charge in [0.25, 0.3) is 5.91 Å². The molecule has 6 nitrogen and oxygen atoms in total. The highest BCUT2D eigenvalue weighted by molar-refractivity contribution is 6.28. The predicted molar refractivity (Wildman–Crippen MR) is 107 cm³/mol. The van der Waals surface area contributed by atoms with Crippen molar-refractivity contribution < 1.29 is 14.4 Å². The van der Waals surface area contributed by atoms with E-state index in [4.69, 9.17) is 11.6 Å². The van der Waals surface area contributed by atoms with Crippen molar-refractivity contribution in [3.63, 3.8) is 0 Å². The van der Waals surface area contributed by atoms with Crippen LogP contribution in [-0.4, -0.2) is 53.2 Å². The van der Waals surface area contributed by atoms with E-state index in [0.717, 1.165) is 6.42 Å². The molecule has 1 atom stereocenters. The van der Waals surface area contributed by atoms with Gasteiger partial charge >= 0.3 is 0 Å². The lowest BCUT2D eigenvalue weighted by atomic mass is 9.98. The Balaban J connectivity index is 2.09. The summed E-state index contributed by atoms with van der Waals surface area (Å²) in [5, 5.41) is 2.61. The molecule has 1 aliphatic carbocycles. The number of hydrogen-bond acceptors (Lipinski definition) is 4. The van der Waals surface area contributed by atoms with Crippen LogP contribution in [0.15, 0.2) is 65.9 Å². The minimum Gasteiger partial charge on any atom is -0.343 e. The van der Waals surface area contributed by atoms with Gasteiger partial charge in [-0.25, -0.2) is 0 Å². The Morgan fingerprint density at radius 3 is 2.70 bits per heavy atom. The van der Waals surface area contributed by atoms with Crippen LogP contribution in [0.2, 0.25) is 0 Å². The topological polar surface area (TPSA) is 78.8 Å². The molecule has 1 saturated heterocycles. The molecule has 0 aromatic carbocycles. The van der Waals surface area contributed by atoms with Gasteiger partial charge in [0.1, 0.15) is 0 Å². The zero-order valence-electron chi connectivity index (χ0n) is 15.0. The van der Waals surface area contributed by atoms with Gasteiger partial charge in [-0.1, -0.05) is 37.5 Å². The molecule has 2 rings (SSSR count). The van der Waals surface area contributed by atoms with Crippen LogP contribution in [0.25, 0.3) is 0 Å². The number of amides is 2. The summed E-state index contributed by atoms with van der Waals surface area (Å²) in [6.07, 6.45) is 11.2. The van der Waals surface area contributed by atoms with Crippen molar-refractivity contribution in [2.24, 2.45) is 4.99 Å². The van der Waals surface area contributed by atoms with Gasteiger partial charge in [-0.2, -0.15) is 0 Å². The molecule has 0 saturated carbocycles. The van der Waals surface area contributed by atoms with E-state index in [2.05, 4.69) is 23.5 Å². The van der Waals surface area contributed by atoms with E-state index in [-0.39, 0.29) is 24.1 Å². The Labute approximate surface area is 163 Å². The molecule has 1 N–H and O–H groups in total. The Morgan fingerprint density at radius 1 is 1.30 bits per heavy atom. The molecule has 7 heteroatoms. The zero-order chi connectivity index (χ0) is 19.8. The monoisotopic (exact) mass is 387 g/mol. The van der Waals surface area contributed by atoms with Gasteiger partial charge in [0.15, 0.2) is 5.78 Å². The number of aliphatic imine (C=N–C) groups is 1. The second-order valence-electron chi connectivity index (χ2n) is 5.97. The summed E-state index contributed by atoms with van der Waals surface area (Å²) in [4.78, 5) is 42.5. The van der Waals surface area contributed by atoms with Gasteiger partial charge in [0.2, 0.25) is 5.91 Å². The third-order valence-electron chi connectivity index (χ3n) is 4.35. The first-order chi connectivity index (χ1) is 13.0. The number of allylic oxidation sites excluding steroid dienone is 5. The number of Topliss-reactive ketones (excluding diaryl/α,β-unsaturated/α-hetero) is 1. The number of likely N-dealkylation sites (tertiary alicyclic amines) is 1. The summed E-state index contributed by atoms with van der Waals surface area (Å²) in [6, 6.07) is -0.498. The van der Waals surface area contributed by atoms with Crippen LogP contribution in [0.1, 0.15) is 12.8 Å². The standard InChI is InChI=1S/C20H22ClN3O3/c1-3-14(15-8-5-6-9-16(15)22-4-2)20(27)23-13-19(26)24-11-7-10-17(24)18(25)12-21/h3-6,8-9,17H,1-2,7,10-13H2,(H,23,27)/b15-14+,22-16-. The molecule has 1 unspecified atom stereocenters. The number of alkyl halides is 1. The summed E-state index contributed by atoms with van der Waals surface area (Å²) >= 11 is 5.61. The Bertz CT molecular complexity index is 777. The first kappa shape index (κ1) is 20.6. The molecule has 0 aromatic heterocycles. The van der Waals surface area contributed by atoms with Crippen LogP contribution in [0.4, 0.5) is 0 Å². The number of ketones is 1. The van der Waals surface area contributed by atoms with Gasteiger partial charge in [-0.05, 0) is 18.9 Å². The van der Waals surface area contributed by atoms with Crippen LogP contribution in [-0.2, 0) is 14.4 Å². The van der Waals surface area contributed by atoms with Gasteiger partial charge in [0, 0.05) is 23.9 Å². The third-order valence-corrected chi connectivity index (χ3v) is 4.61. The maximum Gasteiger partial charge on any atom is 0.252 e. The average Bonchev–Trinajstić information content (AvgIpc) is 3.17. The molecule has 0 spiro atoms. The van der Waals surface area contributed by atoms with Crippen molar-refractivity contribution in [2.75, 3.05) is 19.0 Å². The maximum absolute atomic E-state index is 12.6. The van der Waals surface area contributed by atoms with Crippen molar-refractivity contribution in [2.45, 2.75) is 18.9 Å². The molecule has 0 radical (unpaired) electrons. The summed E-state index contributed by atoms with van der Waals surface area (Å²) < 4.78 is 0. The quantitative estimate of drug-likeness (QED) is 0.536. The van der Waals surface area contributed by atoms with E-state index >= 15 is 0 Å². The van der Waals surface area contributed by atoms with E-state index < -0.39 is 11.9 Å². The summed E-state index contributed by atoms with van der Waals surface area (Å²) in [6.45, 7) is 7.54. The summed E-state index contributed by atoms with van der Waals surface area (Å²) in [5.41, 5.74) is 1.48. The fourth-order valence-corrected chi connectivity index (χ4v) is 3.26. The van der Waals surface area contributed by atoms with Crippen LogP contribution in [0.3, 0.4) is 0 Å². The number of halogens is 1. The van der Waals surface area contributed by atoms with E-state index in [9.17, 15) is 14.4 Å². The molecule has 27 heavy (non-hydrogen) atoms. The Kier molecular flexibility index (Phi) is 7.49. The van der Waals surface area contributed by atoms with Gasteiger partial charge in [-0.3, -0.25) is 19.4 Å². The number of nitrogens with zero attached hydrogens (tertiary/aromatic N) is 2. The third kappa shape index (κ3) is 4.92. The van der Waals surface area contributed by atoms with Crippen molar-refractivity contribution >= 4 is 34.9 Å². The van der Waals surface area contributed by atoms with Crippen LogP contribution in [0.5, 0.6) is 0 Å². The van der Waals surface area contributed by atoms with Crippen molar-refractivity contribution in [1.29, 1.82) is 0 Å². The first-order valence-corrected chi connectivity index (χ1v) is 9.13. The lowest BCUT2D eigenvalue weighted by Gasteiger charge is -2.23. The molecular weight excluding hydrogens is 366 g/mol. The van der Waals surface area contributed by atoms with Gasteiger partial charge in [0.05, 0.1) is 24.2 Å². The molecule has 0 aromatic rings. The largest absolute Gasteiger partial charge is 0.343 e. The highest BCUT2D eigenvalue weighted by atomic mass is 35.5. The van der Waals surface area contributed by atoms with Gasteiger partial charge in [-0.15, -0.1) is 11.6 Å². The van der Waals surface area contributed by atoms with Crippen molar-refractivity contribution in [1.82, 2.24) is 10.2 Å². The minimum absolute atomic E-state index is 0.126. The molecule has 142 valence electrons.